The van der Waals surface area contributed by atoms with E-state index in [1.165, 1.54) is 18.4 Å². The summed E-state index contributed by atoms with van der Waals surface area (Å²) in [7, 11) is 0.695. The quantitative estimate of drug-likeness (QED) is 0.243. The van der Waals surface area contributed by atoms with Gasteiger partial charge in [0.2, 0.25) is 5.95 Å². The Bertz CT molecular complexity index is 1350. The van der Waals surface area contributed by atoms with Gasteiger partial charge in [0, 0.05) is 53.3 Å². The van der Waals surface area contributed by atoms with Crippen LogP contribution in [0, 0.1) is 0 Å². The van der Waals surface area contributed by atoms with E-state index < -0.39 is 13.7 Å². The topological polar surface area (TPSA) is 111 Å². The fourth-order valence-corrected chi connectivity index (χ4v) is 5.66. The predicted octanol–water partition coefficient (Wildman–Crippen LogP) is 5.52. The zero-order chi connectivity index (χ0) is 28.7. The standard InChI is InChI=1S/C28H44N8O3Si/c1-28(2,3)39-27(37)35-11-10-20(16-35)30-24-23-22(19-8-9-19)17-36(18-38-12-13-40(5,6)7)25(23)33-26(32-24)31-21-14-29-34(4)15-21/h14-15,17,19-20H,8-13,16,18H2,1-7H3,(H2,30,31,32,33)/t20-/m1/s1. The molecule has 0 spiro atoms. The normalized spacial score (nSPS) is 18.0. The number of aryl methyl sites for hydroxylation is 1. The van der Waals surface area contributed by atoms with Crippen molar-refractivity contribution in [3.8, 4) is 0 Å². The third kappa shape index (κ3) is 7.14. The molecule has 218 valence electrons. The summed E-state index contributed by atoms with van der Waals surface area (Å²) in [6.45, 7) is 15.2. The largest absolute Gasteiger partial charge is 0.444 e. The van der Waals surface area contributed by atoms with Gasteiger partial charge in [-0.3, -0.25) is 4.68 Å². The molecule has 40 heavy (non-hydrogen) atoms. The summed E-state index contributed by atoms with van der Waals surface area (Å²) in [4.78, 5) is 24.4. The molecule has 12 heteroatoms. The minimum atomic E-state index is -1.18. The second kappa shape index (κ2) is 11.0. The van der Waals surface area contributed by atoms with E-state index in [2.05, 4.69) is 46.1 Å². The van der Waals surface area contributed by atoms with Gasteiger partial charge in [-0.05, 0) is 57.6 Å². The number of nitrogens with one attached hydrogen (secondary N) is 2. The van der Waals surface area contributed by atoms with Crippen molar-refractivity contribution in [2.75, 3.05) is 30.3 Å². The van der Waals surface area contributed by atoms with Crippen molar-refractivity contribution in [2.45, 2.75) is 90.0 Å². The lowest BCUT2D eigenvalue weighted by molar-refractivity contribution is 0.0293. The molecule has 1 amide bonds. The Labute approximate surface area is 237 Å². The predicted molar refractivity (Wildman–Crippen MR) is 160 cm³/mol. The minimum Gasteiger partial charge on any atom is -0.444 e. The van der Waals surface area contributed by atoms with Crippen molar-refractivity contribution >= 4 is 42.7 Å². The van der Waals surface area contributed by atoms with Gasteiger partial charge in [0.05, 0.1) is 17.3 Å². The summed E-state index contributed by atoms with van der Waals surface area (Å²) < 4.78 is 15.6. The van der Waals surface area contributed by atoms with Gasteiger partial charge in [-0.15, -0.1) is 0 Å². The number of fused-ring (bicyclic) bond motifs is 1. The van der Waals surface area contributed by atoms with Crippen LogP contribution >= 0.6 is 0 Å². The summed E-state index contributed by atoms with van der Waals surface area (Å²) in [5, 5.41) is 12.3. The lowest BCUT2D eigenvalue weighted by Crippen LogP contribution is -2.36. The van der Waals surface area contributed by atoms with Crippen LogP contribution in [0.25, 0.3) is 11.0 Å². The molecule has 1 aliphatic heterocycles. The molecule has 1 atom stereocenters. The lowest BCUT2D eigenvalue weighted by Gasteiger charge is -2.24. The van der Waals surface area contributed by atoms with Crippen molar-refractivity contribution in [1.29, 1.82) is 0 Å². The first-order valence-electron chi connectivity index (χ1n) is 14.3. The van der Waals surface area contributed by atoms with Crippen molar-refractivity contribution in [2.24, 2.45) is 7.05 Å². The Morgan fingerprint density at radius 3 is 2.58 bits per heavy atom. The van der Waals surface area contributed by atoms with E-state index in [0.717, 1.165) is 41.6 Å². The lowest BCUT2D eigenvalue weighted by atomic mass is 10.1. The molecule has 1 saturated carbocycles. The molecule has 2 N–H and O–H groups in total. The number of amides is 1. The molecule has 0 bridgehead atoms. The maximum absolute atomic E-state index is 12.7. The zero-order valence-corrected chi connectivity index (χ0v) is 26.0. The summed E-state index contributed by atoms with van der Waals surface area (Å²) in [5.74, 6) is 1.79. The molecule has 5 rings (SSSR count). The highest BCUT2D eigenvalue weighted by Gasteiger charge is 2.33. The number of anilines is 3. The van der Waals surface area contributed by atoms with Crippen molar-refractivity contribution < 1.29 is 14.3 Å². The van der Waals surface area contributed by atoms with Gasteiger partial charge >= 0.3 is 6.09 Å². The molecule has 3 aromatic rings. The third-order valence-corrected chi connectivity index (χ3v) is 8.84. The fourth-order valence-electron chi connectivity index (χ4n) is 4.90. The third-order valence-electron chi connectivity index (χ3n) is 7.13. The second-order valence-corrected chi connectivity index (χ2v) is 19.0. The smallest absolute Gasteiger partial charge is 0.410 e. The highest BCUT2D eigenvalue weighted by Crippen LogP contribution is 2.45. The Morgan fingerprint density at radius 2 is 1.93 bits per heavy atom. The summed E-state index contributed by atoms with van der Waals surface area (Å²) in [6.07, 6.45) is 8.72. The average Bonchev–Trinajstić information content (AvgIpc) is 3.25. The van der Waals surface area contributed by atoms with Gasteiger partial charge in [0.25, 0.3) is 0 Å². The number of hydrogen-bond donors (Lipinski definition) is 2. The SMILES string of the molecule is Cn1cc(Nc2nc(N[C@@H]3CCN(C(=O)OC(C)(C)C)C3)c3c(C4CC4)cn(COCC[Si](C)(C)C)c3n2)cn1. The highest BCUT2D eigenvalue weighted by atomic mass is 28.3. The molecule has 1 saturated heterocycles. The molecule has 0 aromatic carbocycles. The van der Waals surface area contributed by atoms with Crippen LogP contribution in [0.5, 0.6) is 0 Å². The zero-order valence-electron chi connectivity index (χ0n) is 25.0. The van der Waals surface area contributed by atoms with E-state index in [1.54, 1.807) is 15.8 Å². The van der Waals surface area contributed by atoms with E-state index in [9.17, 15) is 4.79 Å². The number of carbonyl (C=O) groups is 1. The van der Waals surface area contributed by atoms with Gasteiger partial charge in [-0.2, -0.15) is 15.1 Å². The van der Waals surface area contributed by atoms with Crippen LogP contribution in [0.4, 0.5) is 22.2 Å². The number of aromatic nitrogens is 5. The number of rotatable bonds is 10. The monoisotopic (exact) mass is 568 g/mol. The number of hydrogen-bond acceptors (Lipinski definition) is 8. The second-order valence-electron chi connectivity index (χ2n) is 13.4. The Hall–Kier alpha value is -3.12. The Kier molecular flexibility index (Phi) is 7.84. The van der Waals surface area contributed by atoms with Crippen LogP contribution < -0.4 is 10.6 Å². The summed E-state index contributed by atoms with van der Waals surface area (Å²) in [6, 6.07) is 1.17. The van der Waals surface area contributed by atoms with E-state index in [-0.39, 0.29) is 12.1 Å². The first-order valence-corrected chi connectivity index (χ1v) is 18.0. The molecular weight excluding hydrogens is 524 g/mol. The molecule has 4 heterocycles. The summed E-state index contributed by atoms with van der Waals surface area (Å²) >= 11 is 0. The van der Waals surface area contributed by atoms with Crippen LogP contribution in [-0.2, 0) is 23.3 Å². The fraction of sp³-hybridized carbons (Fsp3) is 0.643. The molecule has 0 radical (unpaired) electrons. The highest BCUT2D eigenvalue weighted by molar-refractivity contribution is 6.76. The van der Waals surface area contributed by atoms with E-state index in [0.29, 0.717) is 31.7 Å². The van der Waals surface area contributed by atoms with Gasteiger partial charge < -0.3 is 29.6 Å². The molecule has 2 aliphatic rings. The Morgan fingerprint density at radius 1 is 1.15 bits per heavy atom. The molecule has 3 aromatic heterocycles. The molecular formula is C28H44N8O3Si. The van der Waals surface area contributed by atoms with Gasteiger partial charge in [-0.1, -0.05) is 19.6 Å². The molecule has 11 nitrogen and oxygen atoms in total. The average molecular weight is 569 g/mol. The van der Waals surface area contributed by atoms with Crippen LogP contribution in [0.15, 0.2) is 18.6 Å². The van der Waals surface area contributed by atoms with Crippen LogP contribution in [0.3, 0.4) is 0 Å². The number of ether oxygens (including phenoxy) is 2. The van der Waals surface area contributed by atoms with Crippen LogP contribution in [0.2, 0.25) is 25.7 Å². The van der Waals surface area contributed by atoms with Crippen molar-refractivity contribution in [1.82, 2.24) is 29.2 Å². The van der Waals surface area contributed by atoms with Crippen LogP contribution in [-0.4, -0.2) is 74.7 Å². The minimum absolute atomic E-state index is 0.0558. The van der Waals surface area contributed by atoms with Gasteiger partial charge in [-0.25, -0.2) is 4.79 Å². The van der Waals surface area contributed by atoms with E-state index in [4.69, 9.17) is 19.4 Å². The first kappa shape index (κ1) is 28.4. The maximum atomic E-state index is 12.7. The first-order chi connectivity index (χ1) is 18.8. The molecule has 1 aliphatic carbocycles. The molecule has 0 unspecified atom stereocenters. The van der Waals surface area contributed by atoms with E-state index in [1.807, 2.05) is 34.0 Å². The van der Waals surface area contributed by atoms with Crippen molar-refractivity contribution in [3.63, 3.8) is 0 Å². The van der Waals surface area contributed by atoms with Gasteiger partial charge in [0.15, 0.2) is 0 Å². The van der Waals surface area contributed by atoms with E-state index >= 15 is 0 Å². The molecule has 2 fully saturated rings. The van der Waals surface area contributed by atoms with Crippen LogP contribution in [0.1, 0.15) is 51.5 Å². The van der Waals surface area contributed by atoms with Crippen molar-refractivity contribution in [3.05, 3.63) is 24.2 Å². The number of nitrogens with zero attached hydrogens (tertiary/aromatic N) is 6. The number of likely N-dealkylation sites (tertiary alicyclic amines) is 1. The van der Waals surface area contributed by atoms with Gasteiger partial charge in [0.1, 0.15) is 23.8 Å². The Balaban J connectivity index is 1.43. The summed E-state index contributed by atoms with van der Waals surface area (Å²) in [5.41, 5.74) is 2.41. The maximum Gasteiger partial charge on any atom is 0.410 e. The number of carbonyl (C=O) groups excluding carboxylic acids is 1.